The van der Waals surface area contributed by atoms with Crippen LogP contribution in [0.3, 0.4) is 0 Å². The molecule has 0 bridgehead atoms. The van der Waals surface area contributed by atoms with Gasteiger partial charge in [-0.15, -0.1) is 0 Å². The van der Waals surface area contributed by atoms with Gasteiger partial charge in [0.05, 0.1) is 10.5 Å². The average molecular weight is 457 g/mol. The van der Waals surface area contributed by atoms with Crippen LogP contribution in [0.5, 0.6) is 0 Å². The van der Waals surface area contributed by atoms with Crippen molar-refractivity contribution >= 4 is 39.2 Å². The van der Waals surface area contributed by atoms with Crippen molar-refractivity contribution in [2.24, 2.45) is 0 Å². The Morgan fingerprint density at radius 2 is 1.83 bits per heavy atom. The number of halogens is 2. The third-order valence-electron chi connectivity index (χ3n) is 4.25. The molecular formula is C20H22ClFN2O5S. The molecule has 0 heterocycles. The molecule has 0 saturated carbocycles. The van der Waals surface area contributed by atoms with Gasteiger partial charge in [-0.3, -0.25) is 4.79 Å². The molecule has 30 heavy (non-hydrogen) atoms. The Bertz CT molecular complexity index is 1040. The van der Waals surface area contributed by atoms with Crippen LogP contribution in [0.4, 0.5) is 10.1 Å². The van der Waals surface area contributed by atoms with Crippen molar-refractivity contribution in [1.82, 2.24) is 4.31 Å². The fraction of sp³-hybridized carbons (Fsp3) is 0.300. The van der Waals surface area contributed by atoms with Crippen molar-refractivity contribution in [3.05, 3.63) is 58.9 Å². The lowest BCUT2D eigenvalue weighted by Gasteiger charge is -2.19. The van der Waals surface area contributed by atoms with E-state index in [0.717, 1.165) is 18.2 Å². The number of sulfonamides is 1. The first-order chi connectivity index (χ1) is 14.1. The van der Waals surface area contributed by atoms with Crippen LogP contribution < -0.4 is 5.32 Å². The maximum atomic E-state index is 14.2. The molecule has 0 saturated heterocycles. The maximum Gasteiger partial charge on any atom is 0.341 e. The molecular weight excluding hydrogens is 435 g/mol. The minimum atomic E-state index is -3.90. The minimum absolute atomic E-state index is 0.219. The maximum absolute atomic E-state index is 14.2. The van der Waals surface area contributed by atoms with Gasteiger partial charge in [0.15, 0.2) is 6.10 Å². The van der Waals surface area contributed by atoms with Crippen molar-refractivity contribution in [3.8, 4) is 0 Å². The number of nitrogens with one attached hydrogen (secondary N) is 1. The zero-order chi connectivity index (χ0) is 22.5. The van der Waals surface area contributed by atoms with Gasteiger partial charge >= 0.3 is 5.97 Å². The normalized spacial score (nSPS) is 12.5. The van der Waals surface area contributed by atoms with E-state index in [1.165, 1.54) is 17.3 Å². The number of hydrogen-bond acceptors (Lipinski definition) is 5. The van der Waals surface area contributed by atoms with E-state index < -0.39 is 39.4 Å². The lowest BCUT2D eigenvalue weighted by molar-refractivity contribution is -0.123. The molecule has 1 N–H and O–H groups in total. The van der Waals surface area contributed by atoms with Crippen LogP contribution in [0.1, 0.15) is 31.1 Å². The van der Waals surface area contributed by atoms with Gasteiger partial charge in [-0.2, -0.15) is 4.31 Å². The second-order valence-corrected chi connectivity index (χ2v) is 8.65. The Morgan fingerprint density at radius 1 is 1.17 bits per heavy atom. The molecule has 2 aromatic rings. The highest BCUT2D eigenvalue weighted by molar-refractivity contribution is 7.89. The number of carbonyl (C=O) groups excluding carboxylic acids is 2. The van der Waals surface area contributed by atoms with Gasteiger partial charge in [0.25, 0.3) is 5.91 Å². The average Bonchev–Trinajstić information content (AvgIpc) is 2.68. The second-order valence-electron chi connectivity index (χ2n) is 6.28. The van der Waals surface area contributed by atoms with Crippen molar-refractivity contribution in [3.63, 3.8) is 0 Å². The summed E-state index contributed by atoms with van der Waals surface area (Å²) in [5.74, 6) is -2.77. The molecule has 0 fully saturated rings. The molecule has 7 nitrogen and oxygen atoms in total. The predicted molar refractivity (Wildman–Crippen MR) is 111 cm³/mol. The van der Waals surface area contributed by atoms with Crippen LogP contribution in [0.15, 0.2) is 47.4 Å². The number of rotatable bonds is 8. The quantitative estimate of drug-likeness (QED) is 0.611. The van der Waals surface area contributed by atoms with Crippen LogP contribution in [0.25, 0.3) is 0 Å². The summed E-state index contributed by atoms with van der Waals surface area (Å²) in [5.41, 5.74) is -0.181. The van der Waals surface area contributed by atoms with E-state index in [1.807, 2.05) is 0 Å². The summed E-state index contributed by atoms with van der Waals surface area (Å²) in [7, 11) is -3.90. The Labute approximate surface area is 179 Å². The van der Waals surface area contributed by atoms with Gasteiger partial charge in [-0.1, -0.05) is 31.5 Å². The number of benzene rings is 2. The van der Waals surface area contributed by atoms with E-state index in [9.17, 15) is 22.4 Å². The summed E-state index contributed by atoms with van der Waals surface area (Å²) in [5, 5.41) is 2.93. The number of nitrogens with zero attached hydrogens (tertiary/aromatic N) is 1. The monoisotopic (exact) mass is 456 g/mol. The van der Waals surface area contributed by atoms with Gasteiger partial charge in [-0.05, 0) is 43.3 Å². The molecule has 1 amide bonds. The standard InChI is InChI=1S/C20H22ClFN2O5S/c1-4-24(5-2)30(27,28)16-9-10-18(22)17(12-16)20(26)29-13(3)19(25)23-15-8-6-7-14(21)11-15/h6-13H,4-5H2,1-3H3,(H,23,25). The molecule has 2 rings (SSSR count). The molecule has 162 valence electrons. The molecule has 1 unspecified atom stereocenters. The molecule has 0 aliphatic heterocycles. The third-order valence-corrected chi connectivity index (χ3v) is 6.53. The van der Waals surface area contributed by atoms with E-state index in [-0.39, 0.29) is 18.0 Å². The van der Waals surface area contributed by atoms with Crippen molar-refractivity contribution in [2.45, 2.75) is 31.8 Å². The van der Waals surface area contributed by atoms with Crippen LogP contribution in [-0.2, 0) is 19.6 Å². The second kappa shape index (κ2) is 10.0. The highest BCUT2D eigenvalue weighted by atomic mass is 35.5. The van der Waals surface area contributed by atoms with Gasteiger partial charge < -0.3 is 10.1 Å². The number of amides is 1. The molecule has 0 spiro atoms. The number of anilines is 1. The molecule has 0 aromatic heterocycles. The van der Waals surface area contributed by atoms with Crippen molar-refractivity contribution in [1.29, 1.82) is 0 Å². The highest BCUT2D eigenvalue weighted by Crippen LogP contribution is 2.21. The van der Waals surface area contributed by atoms with Gasteiger partial charge in [0.2, 0.25) is 10.0 Å². The number of esters is 1. The Balaban J connectivity index is 2.19. The summed E-state index contributed by atoms with van der Waals surface area (Å²) in [6.07, 6.45) is -1.26. The first-order valence-electron chi connectivity index (χ1n) is 9.17. The zero-order valence-corrected chi connectivity index (χ0v) is 18.3. The summed E-state index contributed by atoms with van der Waals surface area (Å²) in [6.45, 7) is 5.08. The van der Waals surface area contributed by atoms with E-state index in [0.29, 0.717) is 10.7 Å². The Hall–Kier alpha value is -2.49. The van der Waals surface area contributed by atoms with E-state index in [1.54, 1.807) is 32.0 Å². The Morgan fingerprint density at radius 3 is 2.43 bits per heavy atom. The lowest BCUT2D eigenvalue weighted by atomic mass is 10.2. The minimum Gasteiger partial charge on any atom is -0.449 e. The first-order valence-corrected chi connectivity index (χ1v) is 11.0. The van der Waals surface area contributed by atoms with Crippen LogP contribution in [0, 0.1) is 5.82 Å². The van der Waals surface area contributed by atoms with E-state index in [4.69, 9.17) is 16.3 Å². The number of carbonyl (C=O) groups is 2. The summed E-state index contributed by atoms with van der Waals surface area (Å²) >= 11 is 5.85. The summed E-state index contributed by atoms with van der Waals surface area (Å²) in [4.78, 5) is 24.4. The molecule has 1 atom stereocenters. The fourth-order valence-corrected chi connectivity index (χ4v) is 4.30. The molecule has 0 radical (unpaired) electrons. The molecule has 0 aliphatic rings. The molecule has 0 aliphatic carbocycles. The Kier molecular flexibility index (Phi) is 7.94. The topological polar surface area (TPSA) is 92.8 Å². The van der Waals surface area contributed by atoms with Gasteiger partial charge in [-0.25, -0.2) is 17.6 Å². The van der Waals surface area contributed by atoms with Crippen LogP contribution in [0.2, 0.25) is 5.02 Å². The van der Waals surface area contributed by atoms with Crippen molar-refractivity contribution in [2.75, 3.05) is 18.4 Å². The highest BCUT2D eigenvalue weighted by Gasteiger charge is 2.26. The fourth-order valence-electron chi connectivity index (χ4n) is 2.62. The van der Waals surface area contributed by atoms with Gasteiger partial charge in [0.1, 0.15) is 5.82 Å². The smallest absolute Gasteiger partial charge is 0.341 e. The van der Waals surface area contributed by atoms with E-state index in [2.05, 4.69) is 5.32 Å². The predicted octanol–water partition coefficient (Wildman–Crippen LogP) is 3.69. The van der Waals surface area contributed by atoms with Gasteiger partial charge in [0, 0.05) is 23.8 Å². The summed E-state index contributed by atoms with van der Waals surface area (Å²) < 4.78 is 45.6. The third kappa shape index (κ3) is 5.56. The molecule has 2 aromatic carbocycles. The first kappa shape index (κ1) is 23.8. The summed E-state index contributed by atoms with van der Waals surface area (Å²) in [6, 6.07) is 9.23. The largest absolute Gasteiger partial charge is 0.449 e. The van der Waals surface area contributed by atoms with Crippen LogP contribution >= 0.6 is 11.6 Å². The van der Waals surface area contributed by atoms with Crippen molar-refractivity contribution < 1.29 is 27.1 Å². The number of ether oxygens (including phenoxy) is 1. The zero-order valence-electron chi connectivity index (χ0n) is 16.7. The molecule has 10 heteroatoms. The SMILES string of the molecule is CCN(CC)S(=O)(=O)c1ccc(F)c(C(=O)OC(C)C(=O)Nc2cccc(Cl)c2)c1. The van der Waals surface area contributed by atoms with E-state index >= 15 is 0 Å². The van der Waals surface area contributed by atoms with Crippen LogP contribution in [-0.4, -0.2) is 43.8 Å². The number of hydrogen-bond donors (Lipinski definition) is 1. The lowest BCUT2D eigenvalue weighted by Crippen LogP contribution is -2.31.